The van der Waals surface area contributed by atoms with Crippen LogP contribution in [-0.4, -0.2) is 34.2 Å². The van der Waals surface area contributed by atoms with Crippen molar-refractivity contribution in [2.24, 2.45) is 0 Å². The number of likely N-dealkylation sites (N-methyl/N-ethyl adjacent to an activating group) is 1. The van der Waals surface area contributed by atoms with Gasteiger partial charge in [-0.2, -0.15) is 0 Å². The molecule has 1 atom stereocenters. The van der Waals surface area contributed by atoms with Gasteiger partial charge in [-0.25, -0.2) is 0 Å². The van der Waals surface area contributed by atoms with Gasteiger partial charge in [0.15, 0.2) is 6.29 Å². The van der Waals surface area contributed by atoms with Crippen LogP contribution in [0.2, 0.25) is 0 Å². The second kappa shape index (κ2) is 7.27. The smallest absolute Gasteiger partial charge is 0.176 e. The van der Waals surface area contributed by atoms with Crippen LogP contribution in [0, 0.1) is 0 Å². The molecule has 0 saturated carbocycles. The lowest BCUT2D eigenvalue weighted by Crippen LogP contribution is -2.32. The lowest BCUT2D eigenvalue weighted by molar-refractivity contribution is -0.123. The Kier molecular flexibility index (Phi) is 5.97. The molecule has 0 fully saturated rings. The van der Waals surface area contributed by atoms with Crippen molar-refractivity contribution in [1.29, 1.82) is 0 Å². The Balaban J connectivity index is 2.81. The maximum Gasteiger partial charge on any atom is 0.176 e. The van der Waals surface area contributed by atoms with E-state index < -0.39 is 0 Å². The first-order valence-corrected chi connectivity index (χ1v) is 5.72. The Morgan fingerprint density at radius 3 is 2.12 bits per heavy atom. The van der Waals surface area contributed by atoms with Gasteiger partial charge in [0.25, 0.3) is 0 Å². The molecule has 0 saturated heterocycles. The van der Waals surface area contributed by atoms with E-state index in [-0.39, 0.29) is 12.3 Å². The molecule has 1 N–H and O–H groups in total. The fourth-order valence-corrected chi connectivity index (χ4v) is 1.77. The molecule has 1 unspecified atom stereocenters. The molecule has 4 nitrogen and oxygen atoms in total. The third-order valence-corrected chi connectivity index (χ3v) is 2.60. The summed E-state index contributed by atoms with van der Waals surface area (Å²) in [5.74, 6) is 0.873. The molecular weight excluding hydrogens is 218 g/mol. The molecule has 4 heteroatoms. The molecule has 0 aliphatic rings. The number of ether oxygens (including phenoxy) is 3. The predicted molar refractivity (Wildman–Crippen MR) is 67.2 cm³/mol. The van der Waals surface area contributed by atoms with Crippen LogP contribution in [0.3, 0.4) is 0 Å². The van der Waals surface area contributed by atoms with Crippen LogP contribution in [0.5, 0.6) is 5.75 Å². The van der Waals surface area contributed by atoms with Gasteiger partial charge in [0, 0.05) is 14.2 Å². The van der Waals surface area contributed by atoms with Crippen molar-refractivity contribution in [2.45, 2.75) is 19.3 Å². The molecule has 0 aliphatic heterocycles. The lowest BCUT2D eigenvalue weighted by atomic mass is 10.1. The second-order valence-electron chi connectivity index (χ2n) is 3.61. The van der Waals surface area contributed by atoms with Gasteiger partial charge >= 0.3 is 0 Å². The van der Waals surface area contributed by atoms with Crippen LogP contribution < -0.4 is 10.1 Å². The quantitative estimate of drug-likeness (QED) is 0.738. The summed E-state index contributed by atoms with van der Waals surface area (Å²) in [7, 11) is 5.15. The number of benzene rings is 1. The molecule has 0 amide bonds. The van der Waals surface area contributed by atoms with E-state index >= 15 is 0 Å². The summed E-state index contributed by atoms with van der Waals surface area (Å²) in [6.07, 6.45) is -0.307. The van der Waals surface area contributed by atoms with E-state index in [9.17, 15) is 0 Å². The summed E-state index contributed by atoms with van der Waals surface area (Å²) in [5, 5.41) is 3.18. The normalized spacial score (nSPS) is 12.8. The summed E-state index contributed by atoms with van der Waals surface area (Å²) >= 11 is 0. The molecule has 17 heavy (non-hydrogen) atoms. The Labute approximate surface area is 103 Å². The van der Waals surface area contributed by atoms with Gasteiger partial charge in [0.2, 0.25) is 0 Å². The molecule has 1 rings (SSSR count). The highest BCUT2D eigenvalue weighted by molar-refractivity contribution is 5.29. The summed E-state index contributed by atoms with van der Waals surface area (Å²) in [6, 6.07) is 7.92. The van der Waals surface area contributed by atoms with Crippen molar-refractivity contribution in [3.05, 3.63) is 29.8 Å². The number of hydrogen-bond acceptors (Lipinski definition) is 4. The topological polar surface area (TPSA) is 39.7 Å². The molecule has 0 bridgehead atoms. The highest BCUT2D eigenvalue weighted by atomic mass is 16.7. The average molecular weight is 239 g/mol. The van der Waals surface area contributed by atoms with E-state index in [1.807, 2.05) is 38.2 Å². The number of methoxy groups -OCH3 is 2. The van der Waals surface area contributed by atoms with E-state index in [2.05, 4.69) is 5.32 Å². The van der Waals surface area contributed by atoms with E-state index in [1.54, 1.807) is 14.2 Å². The highest BCUT2D eigenvalue weighted by Gasteiger charge is 2.20. The lowest BCUT2D eigenvalue weighted by Gasteiger charge is -2.24. The predicted octanol–water partition coefficient (Wildman–Crippen LogP) is 1.96. The zero-order chi connectivity index (χ0) is 12.7. The van der Waals surface area contributed by atoms with Crippen molar-refractivity contribution in [1.82, 2.24) is 5.32 Å². The zero-order valence-electron chi connectivity index (χ0n) is 10.9. The van der Waals surface area contributed by atoms with E-state index in [0.29, 0.717) is 6.61 Å². The maximum absolute atomic E-state index is 5.40. The van der Waals surface area contributed by atoms with Gasteiger partial charge in [-0.3, -0.25) is 0 Å². The van der Waals surface area contributed by atoms with Crippen molar-refractivity contribution < 1.29 is 14.2 Å². The molecule has 0 aromatic heterocycles. The van der Waals surface area contributed by atoms with Crippen molar-refractivity contribution in [3.63, 3.8) is 0 Å². The van der Waals surface area contributed by atoms with Gasteiger partial charge in [-0.1, -0.05) is 12.1 Å². The van der Waals surface area contributed by atoms with Crippen molar-refractivity contribution >= 4 is 0 Å². The fourth-order valence-electron chi connectivity index (χ4n) is 1.77. The average Bonchev–Trinajstić information content (AvgIpc) is 2.37. The van der Waals surface area contributed by atoms with E-state index in [1.165, 1.54) is 0 Å². The molecule has 1 aromatic carbocycles. The van der Waals surface area contributed by atoms with Gasteiger partial charge in [-0.05, 0) is 31.7 Å². The number of rotatable bonds is 7. The minimum absolute atomic E-state index is 0.000626. The maximum atomic E-state index is 5.40. The third kappa shape index (κ3) is 3.70. The molecule has 0 radical (unpaired) electrons. The number of hydrogen-bond donors (Lipinski definition) is 1. The minimum Gasteiger partial charge on any atom is -0.494 e. The van der Waals surface area contributed by atoms with Crippen molar-refractivity contribution in [2.75, 3.05) is 27.9 Å². The van der Waals surface area contributed by atoms with Gasteiger partial charge in [0.1, 0.15) is 5.75 Å². The Morgan fingerprint density at radius 1 is 1.12 bits per heavy atom. The van der Waals surface area contributed by atoms with Crippen LogP contribution in [0.25, 0.3) is 0 Å². The van der Waals surface area contributed by atoms with Crippen molar-refractivity contribution in [3.8, 4) is 5.75 Å². The van der Waals surface area contributed by atoms with Crippen LogP contribution in [-0.2, 0) is 9.47 Å². The molecule has 96 valence electrons. The minimum atomic E-state index is -0.307. The van der Waals surface area contributed by atoms with Gasteiger partial charge in [-0.15, -0.1) is 0 Å². The van der Waals surface area contributed by atoms with Crippen LogP contribution in [0.15, 0.2) is 24.3 Å². The summed E-state index contributed by atoms with van der Waals surface area (Å²) in [4.78, 5) is 0. The number of nitrogens with one attached hydrogen (secondary N) is 1. The highest BCUT2D eigenvalue weighted by Crippen LogP contribution is 2.22. The summed E-state index contributed by atoms with van der Waals surface area (Å²) < 4.78 is 15.9. The zero-order valence-corrected chi connectivity index (χ0v) is 10.9. The monoisotopic (exact) mass is 239 g/mol. The SMILES string of the molecule is CCOc1ccc(C(NC)C(OC)OC)cc1. The molecule has 0 aliphatic carbocycles. The largest absolute Gasteiger partial charge is 0.494 e. The van der Waals surface area contributed by atoms with Crippen LogP contribution >= 0.6 is 0 Å². The molecule has 0 spiro atoms. The summed E-state index contributed by atoms with van der Waals surface area (Å²) in [5.41, 5.74) is 1.10. The molecule has 0 heterocycles. The standard InChI is InChI=1S/C13H21NO3/c1-5-17-11-8-6-10(7-9-11)12(14-2)13(15-3)16-4/h6-9,12-14H,5H2,1-4H3. The summed E-state index contributed by atoms with van der Waals surface area (Å²) in [6.45, 7) is 2.64. The first-order chi connectivity index (χ1) is 8.26. The van der Waals surface area contributed by atoms with E-state index in [0.717, 1.165) is 11.3 Å². The molecule has 1 aromatic rings. The van der Waals surface area contributed by atoms with Gasteiger partial charge in [0.05, 0.1) is 12.6 Å². The third-order valence-electron chi connectivity index (χ3n) is 2.60. The Hall–Kier alpha value is -1.10. The Bertz CT molecular complexity index is 309. The fraction of sp³-hybridized carbons (Fsp3) is 0.538. The molecular formula is C13H21NO3. The van der Waals surface area contributed by atoms with Crippen LogP contribution in [0.1, 0.15) is 18.5 Å². The van der Waals surface area contributed by atoms with Gasteiger partial charge < -0.3 is 19.5 Å². The van der Waals surface area contributed by atoms with Crippen LogP contribution in [0.4, 0.5) is 0 Å². The van der Waals surface area contributed by atoms with E-state index in [4.69, 9.17) is 14.2 Å². The first-order valence-electron chi connectivity index (χ1n) is 5.72. The Morgan fingerprint density at radius 2 is 1.71 bits per heavy atom. The first kappa shape index (κ1) is 14.0. The second-order valence-corrected chi connectivity index (χ2v) is 3.61.